The predicted octanol–water partition coefficient (Wildman–Crippen LogP) is 4.12. The van der Waals surface area contributed by atoms with Crippen molar-refractivity contribution in [2.45, 2.75) is 39.5 Å². The molecule has 1 heterocycles. The Hall–Kier alpha value is -2.07. The predicted molar refractivity (Wildman–Crippen MR) is 97.1 cm³/mol. The van der Waals surface area contributed by atoms with E-state index in [-0.39, 0.29) is 11.2 Å². The highest BCUT2D eigenvalue weighted by atomic mass is 35.5. The molecule has 132 valence electrons. The number of ketones is 1. The van der Waals surface area contributed by atoms with E-state index >= 15 is 0 Å². The number of carbonyl (C=O) groups is 2. The van der Waals surface area contributed by atoms with Crippen molar-refractivity contribution in [2.75, 3.05) is 7.11 Å². The van der Waals surface area contributed by atoms with Crippen molar-refractivity contribution in [2.24, 2.45) is 5.41 Å². The number of nitrogens with one attached hydrogen (secondary N) is 1. The molecule has 0 bridgehead atoms. The van der Waals surface area contributed by atoms with E-state index < -0.39 is 11.9 Å². The maximum absolute atomic E-state index is 13.0. The first-order chi connectivity index (χ1) is 11.7. The van der Waals surface area contributed by atoms with Crippen molar-refractivity contribution in [1.82, 2.24) is 5.32 Å². The van der Waals surface area contributed by atoms with Crippen molar-refractivity contribution in [3.63, 3.8) is 0 Å². The molecule has 1 aliphatic heterocycles. The van der Waals surface area contributed by atoms with E-state index in [1.165, 1.54) is 7.11 Å². The Morgan fingerprint density at radius 3 is 2.48 bits per heavy atom. The van der Waals surface area contributed by atoms with Gasteiger partial charge in [-0.25, -0.2) is 4.79 Å². The van der Waals surface area contributed by atoms with Gasteiger partial charge in [-0.3, -0.25) is 4.79 Å². The molecule has 25 heavy (non-hydrogen) atoms. The summed E-state index contributed by atoms with van der Waals surface area (Å²) in [6.07, 6.45) is 1.23. The number of benzene rings is 1. The number of Topliss-reactive ketones (excluding diaryl/α,β-unsaturated/α-hetero) is 1. The lowest BCUT2D eigenvalue weighted by Crippen LogP contribution is -2.38. The minimum Gasteiger partial charge on any atom is -0.466 e. The lowest BCUT2D eigenvalue weighted by molar-refractivity contribution is -0.136. The summed E-state index contributed by atoms with van der Waals surface area (Å²) in [7, 11) is 1.36. The molecule has 2 aliphatic rings. The van der Waals surface area contributed by atoms with Crippen LogP contribution in [0.25, 0.3) is 0 Å². The summed E-state index contributed by atoms with van der Waals surface area (Å²) in [5, 5.41) is 3.91. The summed E-state index contributed by atoms with van der Waals surface area (Å²) in [6.45, 7) is 6.02. The SMILES string of the molecule is COC(=O)C1=C(C)NC2=C(C(=O)CC(C)(C)C2)[C@@H]1c1ccc(Cl)cc1. The van der Waals surface area contributed by atoms with Crippen LogP contribution in [0.4, 0.5) is 0 Å². The van der Waals surface area contributed by atoms with E-state index in [9.17, 15) is 9.59 Å². The van der Waals surface area contributed by atoms with E-state index in [1.807, 2.05) is 19.1 Å². The molecule has 0 saturated carbocycles. The maximum atomic E-state index is 13.0. The second-order valence-electron chi connectivity index (χ2n) is 7.47. The number of rotatable bonds is 2. The summed E-state index contributed by atoms with van der Waals surface area (Å²) in [6, 6.07) is 7.29. The lowest BCUT2D eigenvalue weighted by atomic mass is 9.68. The Morgan fingerprint density at radius 1 is 1.24 bits per heavy atom. The highest BCUT2D eigenvalue weighted by molar-refractivity contribution is 6.30. The molecule has 3 rings (SSSR count). The third-order valence-corrected chi connectivity index (χ3v) is 5.10. The first-order valence-corrected chi connectivity index (χ1v) is 8.69. The second-order valence-corrected chi connectivity index (χ2v) is 7.91. The number of dihydropyridines is 1. The summed E-state index contributed by atoms with van der Waals surface area (Å²) < 4.78 is 4.99. The van der Waals surface area contributed by atoms with Crippen LogP contribution in [0.1, 0.15) is 45.1 Å². The van der Waals surface area contributed by atoms with E-state index in [0.717, 1.165) is 23.4 Å². The Kier molecular flexibility index (Phi) is 4.50. The quantitative estimate of drug-likeness (QED) is 0.807. The van der Waals surface area contributed by atoms with Crippen LogP contribution in [-0.2, 0) is 14.3 Å². The van der Waals surface area contributed by atoms with Gasteiger partial charge in [0.05, 0.1) is 12.7 Å². The van der Waals surface area contributed by atoms with E-state index in [1.54, 1.807) is 12.1 Å². The van der Waals surface area contributed by atoms with Crippen LogP contribution in [0.2, 0.25) is 5.02 Å². The first kappa shape index (κ1) is 17.7. The van der Waals surface area contributed by atoms with Crippen LogP contribution in [0.3, 0.4) is 0 Å². The minimum absolute atomic E-state index is 0.0765. The summed E-state index contributed by atoms with van der Waals surface area (Å²) in [5.41, 5.74) is 3.56. The van der Waals surface area contributed by atoms with E-state index in [4.69, 9.17) is 16.3 Å². The highest BCUT2D eigenvalue weighted by Crippen LogP contribution is 2.46. The average molecular weight is 360 g/mol. The molecule has 5 heteroatoms. The number of methoxy groups -OCH3 is 1. The molecule has 0 amide bonds. The van der Waals surface area contributed by atoms with Crippen LogP contribution >= 0.6 is 11.6 Å². The minimum atomic E-state index is -0.426. The topological polar surface area (TPSA) is 55.4 Å². The zero-order chi connectivity index (χ0) is 18.4. The standard InChI is InChI=1S/C20H22ClNO3/c1-11-16(19(24)25-4)17(12-5-7-13(21)8-6-12)18-14(22-11)9-20(2,3)10-15(18)23/h5-8,17,22H,9-10H2,1-4H3/t17-/m1/s1. The van der Waals surface area contributed by atoms with Gasteiger partial charge in [0.15, 0.2) is 5.78 Å². The third-order valence-electron chi connectivity index (χ3n) is 4.85. The molecule has 1 atom stereocenters. The first-order valence-electron chi connectivity index (χ1n) is 8.31. The van der Waals surface area contributed by atoms with Crippen LogP contribution < -0.4 is 5.32 Å². The maximum Gasteiger partial charge on any atom is 0.336 e. The van der Waals surface area contributed by atoms with Gasteiger partial charge in [-0.2, -0.15) is 0 Å². The van der Waals surface area contributed by atoms with Gasteiger partial charge < -0.3 is 10.1 Å². The van der Waals surface area contributed by atoms with Crippen molar-refractivity contribution in [3.05, 3.63) is 57.4 Å². The zero-order valence-corrected chi connectivity index (χ0v) is 15.7. The van der Waals surface area contributed by atoms with E-state index in [2.05, 4.69) is 19.2 Å². The number of hydrogen-bond donors (Lipinski definition) is 1. The molecule has 0 spiro atoms. The normalized spacial score (nSPS) is 22.4. The number of halogens is 1. The third kappa shape index (κ3) is 3.23. The molecule has 0 fully saturated rings. The monoisotopic (exact) mass is 359 g/mol. The second kappa shape index (κ2) is 6.34. The van der Waals surface area contributed by atoms with E-state index in [0.29, 0.717) is 22.6 Å². The average Bonchev–Trinajstić information content (AvgIpc) is 2.52. The molecule has 1 N–H and O–H groups in total. The van der Waals surface area contributed by atoms with Crippen LogP contribution in [0, 0.1) is 5.41 Å². The molecule has 1 aliphatic carbocycles. The molecule has 0 saturated heterocycles. The zero-order valence-electron chi connectivity index (χ0n) is 14.9. The Bertz CT molecular complexity index is 803. The van der Waals surface area contributed by atoms with Crippen molar-refractivity contribution >= 4 is 23.4 Å². The Labute approximate surface area is 152 Å². The van der Waals surface area contributed by atoms with Crippen molar-refractivity contribution in [3.8, 4) is 0 Å². The number of carbonyl (C=O) groups excluding carboxylic acids is 2. The molecular weight excluding hydrogens is 338 g/mol. The van der Waals surface area contributed by atoms with Gasteiger partial charge in [0.1, 0.15) is 0 Å². The Balaban J connectivity index is 2.19. The van der Waals surface area contributed by atoms with Crippen LogP contribution in [0.5, 0.6) is 0 Å². The summed E-state index contributed by atoms with van der Waals surface area (Å²) in [4.78, 5) is 25.4. The number of allylic oxidation sites excluding steroid dienone is 3. The van der Waals surface area contributed by atoms with Gasteiger partial charge in [-0.05, 0) is 36.5 Å². The number of ether oxygens (including phenoxy) is 1. The van der Waals surface area contributed by atoms with Gasteiger partial charge in [0, 0.05) is 34.3 Å². The summed E-state index contributed by atoms with van der Waals surface area (Å²) in [5.74, 6) is -0.772. The number of hydrogen-bond acceptors (Lipinski definition) is 4. The van der Waals surface area contributed by atoms with Gasteiger partial charge >= 0.3 is 5.97 Å². The molecule has 0 radical (unpaired) electrons. The molecule has 0 aromatic heterocycles. The lowest BCUT2D eigenvalue weighted by Gasteiger charge is -2.39. The fourth-order valence-corrected chi connectivity index (χ4v) is 3.93. The van der Waals surface area contributed by atoms with Crippen molar-refractivity contribution in [1.29, 1.82) is 0 Å². The van der Waals surface area contributed by atoms with Gasteiger partial charge in [0.2, 0.25) is 0 Å². The highest BCUT2D eigenvalue weighted by Gasteiger charge is 2.42. The largest absolute Gasteiger partial charge is 0.466 e. The van der Waals surface area contributed by atoms with Gasteiger partial charge in [0.25, 0.3) is 0 Å². The van der Waals surface area contributed by atoms with Gasteiger partial charge in [-0.15, -0.1) is 0 Å². The van der Waals surface area contributed by atoms with Gasteiger partial charge in [-0.1, -0.05) is 37.6 Å². The number of esters is 1. The molecule has 0 unspecified atom stereocenters. The molecule has 1 aromatic rings. The Morgan fingerprint density at radius 2 is 1.88 bits per heavy atom. The summed E-state index contributed by atoms with van der Waals surface area (Å²) >= 11 is 6.01. The smallest absolute Gasteiger partial charge is 0.336 e. The van der Waals surface area contributed by atoms with Crippen LogP contribution in [0.15, 0.2) is 46.8 Å². The molecule has 1 aromatic carbocycles. The fraction of sp³-hybridized carbons (Fsp3) is 0.400. The fourth-order valence-electron chi connectivity index (χ4n) is 3.81. The van der Waals surface area contributed by atoms with Crippen molar-refractivity contribution < 1.29 is 14.3 Å². The van der Waals surface area contributed by atoms with Crippen LogP contribution in [-0.4, -0.2) is 18.9 Å². The molecule has 4 nitrogen and oxygen atoms in total. The molecular formula is C20H22ClNO3.